The van der Waals surface area contributed by atoms with Crippen LogP contribution in [0.3, 0.4) is 0 Å². The van der Waals surface area contributed by atoms with Crippen molar-refractivity contribution in [2.24, 2.45) is 0 Å². The van der Waals surface area contributed by atoms with E-state index in [2.05, 4.69) is 21.2 Å². The highest BCUT2D eigenvalue weighted by molar-refractivity contribution is 9.10. The van der Waals surface area contributed by atoms with E-state index in [1.807, 2.05) is 0 Å². The summed E-state index contributed by atoms with van der Waals surface area (Å²) in [6.45, 7) is 2.76. The van der Waals surface area contributed by atoms with Gasteiger partial charge in [-0.2, -0.15) is 4.31 Å². The van der Waals surface area contributed by atoms with Crippen molar-refractivity contribution in [1.29, 1.82) is 0 Å². The molecule has 90 valence electrons. The van der Waals surface area contributed by atoms with Gasteiger partial charge in [-0.1, -0.05) is 0 Å². The van der Waals surface area contributed by atoms with Crippen molar-refractivity contribution in [1.82, 2.24) is 9.62 Å². The molecule has 1 aliphatic rings. The Bertz CT molecular complexity index is 450. The van der Waals surface area contributed by atoms with Crippen LogP contribution in [-0.4, -0.2) is 38.9 Å². The molecule has 0 aromatic carbocycles. The van der Waals surface area contributed by atoms with Crippen LogP contribution in [0.15, 0.2) is 20.1 Å². The first-order chi connectivity index (χ1) is 7.62. The summed E-state index contributed by atoms with van der Waals surface area (Å²) in [5.74, 6) is 0. The van der Waals surface area contributed by atoms with Gasteiger partial charge in [0.05, 0.1) is 0 Å². The summed E-state index contributed by atoms with van der Waals surface area (Å²) in [6.07, 6.45) is 0.863. The first kappa shape index (κ1) is 12.5. The summed E-state index contributed by atoms with van der Waals surface area (Å²) in [4.78, 5) is 0. The summed E-state index contributed by atoms with van der Waals surface area (Å²) in [5.41, 5.74) is 0. The van der Waals surface area contributed by atoms with E-state index in [9.17, 15) is 8.42 Å². The van der Waals surface area contributed by atoms with E-state index in [4.69, 9.17) is 0 Å². The van der Waals surface area contributed by atoms with Crippen molar-refractivity contribution in [3.63, 3.8) is 0 Å². The number of nitrogens with one attached hydrogen (secondary N) is 1. The molecule has 1 aliphatic heterocycles. The van der Waals surface area contributed by atoms with E-state index in [0.717, 1.165) is 19.5 Å². The predicted molar refractivity (Wildman–Crippen MR) is 68.3 cm³/mol. The van der Waals surface area contributed by atoms with E-state index >= 15 is 0 Å². The van der Waals surface area contributed by atoms with Crippen molar-refractivity contribution >= 4 is 37.3 Å². The van der Waals surface area contributed by atoms with Crippen LogP contribution in [0, 0.1) is 0 Å². The minimum atomic E-state index is -3.31. The fourth-order valence-corrected chi connectivity index (χ4v) is 5.57. The minimum absolute atomic E-state index is 0.411. The number of nitrogens with zero attached hydrogens (tertiary/aromatic N) is 1. The summed E-state index contributed by atoms with van der Waals surface area (Å²) >= 11 is 4.54. The maximum atomic E-state index is 12.3. The summed E-state index contributed by atoms with van der Waals surface area (Å²) in [5, 5.41) is 4.98. The molecule has 16 heavy (non-hydrogen) atoms. The Hall–Kier alpha value is 0.0500. The average Bonchev–Trinajstić information content (AvgIpc) is 2.55. The van der Waals surface area contributed by atoms with Crippen molar-refractivity contribution < 1.29 is 8.42 Å². The third kappa shape index (κ3) is 2.48. The SMILES string of the molecule is O=S(=O)(c1sccc1Br)N1CCCNCC1. The fourth-order valence-electron chi connectivity index (χ4n) is 1.64. The molecule has 0 atom stereocenters. The van der Waals surface area contributed by atoms with Crippen LogP contribution in [0.2, 0.25) is 0 Å². The highest BCUT2D eigenvalue weighted by Crippen LogP contribution is 2.30. The lowest BCUT2D eigenvalue weighted by atomic mass is 10.4. The standard InChI is InChI=1S/C9H13BrN2O2S2/c10-8-2-7-15-9(8)16(13,14)12-5-1-3-11-4-6-12/h2,7,11H,1,3-6H2. The molecule has 1 fully saturated rings. The zero-order valence-electron chi connectivity index (χ0n) is 8.65. The molecular weight excluding hydrogens is 312 g/mol. The van der Waals surface area contributed by atoms with Gasteiger partial charge in [0.1, 0.15) is 4.21 Å². The van der Waals surface area contributed by atoms with Gasteiger partial charge in [0, 0.05) is 24.1 Å². The third-order valence-corrected chi connectivity index (χ3v) is 7.00. The molecule has 0 saturated carbocycles. The maximum Gasteiger partial charge on any atom is 0.253 e. The normalized spacial score (nSPS) is 19.6. The molecular formula is C9H13BrN2O2S2. The highest BCUT2D eigenvalue weighted by atomic mass is 79.9. The van der Waals surface area contributed by atoms with Gasteiger partial charge in [0.2, 0.25) is 0 Å². The Balaban J connectivity index is 2.27. The van der Waals surface area contributed by atoms with E-state index in [-0.39, 0.29) is 0 Å². The van der Waals surface area contributed by atoms with Crippen LogP contribution in [0.4, 0.5) is 0 Å². The van der Waals surface area contributed by atoms with Gasteiger partial charge in [-0.15, -0.1) is 11.3 Å². The van der Waals surface area contributed by atoms with E-state index in [0.29, 0.717) is 21.8 Å². The van der Waals surface area contributed by atoms with Gasteiger partial charge >= 0.3 is 0 Å². The largest absolute Gasteiger partial charge is 0.315 e. The molecule has 2 heterocycles. The molecule has 2 rings (SSSR count). The predicted octanol–water partition coefficient (Wildman–Crippen LogP) is 1.49. The smallest absolute Gasteiger partial charge is 0.253 e. The zero-order chi connectivity index (χ0) is 11.6. The lowest BCUT2D eigenvalue weighted by Gasteiger charge is -2.18. The zero-order valence-corrected chi connectivity index (χ0v) is 11.9. The van der Waals surface area contributed by atoms with E-state index in [1.54, 1.807) is 15.8 Å². The van der Waals surface area contributed by atoms with Crippen LogP contribution in [0.1, 0.15) is 6.42 Å². The van der Waals surface area contributed by atoms with E-state index in [1.165, 1.54) is 11.3 Å². The molecule has 0 amide bonds. The molecule has 1 aromatic heterocycles. The summed E-state index contributed by atoms with van der Waals surface area (Å²) in [7, 11) is -3.31. The van der Waals surface area contributed by atoms with Gasteiger partial charge in [-0.25, -0.2) is 8.42 Å². The second kappa shape index (κ2) is 5.14. The third-order valence-electron chi connectivity index (χ3n) is 2.46. The molecule has 1 N–H and O–H groups in total. The molecule has 0 radical (unpaired) electrons. The Labute approximate surface area is 108 Å². The molecule has 0 bridgehead atoms. The Kier molecular flexibility index (Phi) is 4.01. The topological polar surface area (TPSA) is 49.4 Å². The highest BCUT2D eigenvalue weighted by Gasteiger charge is 2.27. The van der Waals surface area contributed by atoms with Gasteiger partial charge in [0.25, 0.3) is 10.0 Å². The van der Waals surface area contributed by atoms with Gasteiger partial charge in [-0.05, 0) is 40.3 Å². The second-order valence-corrected chi connectivity index (χ2v) is 7.47. The van der Waals surface area contributed by atoms with E-state index < -0.39 is 10.0 Å². The van der Waals surface area contributed by atoms with Crippen molar-refractivity contribution in [2.75, 3.05) is 26.2 Å². The summed E-state index contributed by atoms with van der Waals surface area (Å²) in [6, 6.07) is 1.77. The number of halogens is 1. The molecule has 1 saturated heterocycles. The maximum absolute atomic E-state index is 12.3. The first-order valence-electron chi connectivity index (χ1n) is 5.06. The van der Waals surface area contributed by atoms with Crippen LogP contribution in [0.25, 0.3) is 0 Å². The van der Waals surface area contributed by atoms with Crippen LogP contribution in [0.5, 0.6) is 0 Å². The molecule has 1 aromatic rings. The monoisotopic (exact) mass is 324 g/mol. The number of sulfonamides is 1. The molecule has 7 heteroatoms. The molecule has 0 aliphatic carbocycles. The fraction of sp³-hybridized carbons (Fsp3) is 0.556. The lowest BCUT2D eigenvalue weighted by Crippen LogP contribution is -2.33. The molecule has 0 unspecified atom stereocenters. The van der Waals surface area contributed by atoms with Crippen LogP contribution in [-0.2, 0) is 10.0 Å². The average molecular weight is 325 g/mol. The Morgan fingerprint density at radius 2 is 2.19 bits per heavy atom. The quantitative estimate of drug-likeness (QED) is 0.896. The van der Waals surface area contributed by atoms with Crippen molar-refractivity contribution in [3.8, 4) is 0 Å². The second-order valence-electron chi connectivity index (χ2n) is 3.56. The first-order valence-corrected chi connectivity index (χ1v) is 8.17. The van der Waals surface area contributed by atoms with Gasteiger partial charge < -0.3 is 5.32 Å². The molecule has 0 spiro atoms. The van der Waals surface area contributed by atoms with Crippen LogP contribution < -0.4 is 5.32 Å². The van der Waals surface area contributed by atoms with Crippen molar-refractivity contribution in [2.45, 2.75) is 10.6 Å². The lowest BCUT2D eigenvalue weighted by molar-refractivity contribution is 0.433. The Morgan fingerprint density at radius 1 is 1.38 bits per heavy atom. The number of hydrogen-bond donors (Lipinski definition) is 1. The number of hydrogen-bond acceptors (Lipinski definition) is 4. The van der Waals surface area contributed by atoms with Crippen molar-refractivity contribution in [3.05, 3.63) is 15.9 Å². The summed E-state index contributed by atoms with van der Waals surface area (Å²) < 4.78 is 27.2. The van der Waals surface area contributed by atoms with Gasteiger partial charge in [-0.3, -0.25) is 0 Å². The number of rotatable bonds is 2. The molecule has 4 nitrogen and oxygen atoms in total. The number of thiophene rings is 1. The van der Waals surface area contributed by atoms with Gasteiger partial charge in [0.15, 0.2) is 0 Å². The Morgan fingerprint density at radius 3 is 2.88 bits per heavy atom. The minimum Gasteiger partial charge on any atom is -0.315 e. The van der Waals surface area contributed by atoms with Crippen LogP contribution >= 0.6 is 27.3 Å².